The van der Waals surface area contributed by atoms with Crippen LogP contribution >= 0.6 is 0 Å². The van der Waals surface area contributed by atoms with E-state index in [4.69, 9.17) is 19.9 Å². The summed E-state index contributed by atoms with van der Waals surface area (Å²) in [7, 11) is 1.60. The molecule has 8 heteroatoms. The lowest BCUT2D eigenvalue weighted by Gasteiger charge is -2.32. The average molecular weight is 425 g/mol. The summed E-state index contributed by atoms with van der Waals surface area (Å²) in [5.41, 5.74) is 8.01. The van der Waals surface area contributed by atoms with Gasteiger partial charge in [0.05, 0.1) is 7.11 Å². The number of aliphatic imine (C=N–C) groups is 1. The number of ether oxygens (including phenoxy) is 3. The predicted molar refractivity (Wildman–Crippen MR) is 119 cm³/mol. The normalized spacial score (nSPS) is 19.0. The van der Waals surface area contributed by atoms with Crippen LogP contribution in [-0.4, -0.2) is 50.2 Å². The fourth-order valence-electron chi connectivity index (χ4n) is 3.92. The third-order valence-electron chi connectivity index (χ3n) is 5.51. The van der Waals surface area contributed by atoms with Crippen LogP contribution in [0.2, 0.25) is 0 Å². The average Bonchev–Trinajstić information content (AvgIpc) is 2.79. The van der Waals surface area contributed by atoms with Crippen LogP contribution < -0.4 is 25.3 Å². The Morgan fingerprint density at radius 1 is 1.19 bits per heavy atom. The van der Waals surface area contributed by atoms with Gasteiger partial charge in [0.25, 0.3) is 0 Å². The van der Waals surface area contributed by atoms with Crippen molar-refractivity contribution in [2.24, 2.45) is 16.6 Å². The van der Waals surface area contributed by atoms with Crippen LogP contribution in [0.5, 0.6) is 17.2 Å². The standard InChI is InChI=1S/C23H28N4O4/c1-29-19-7-5-18(6-8-19)25-23(28)26-22(24)17-3-2-10-27(15-17)14-16-4-9-20-21(13-16)31-12-11-30-20/h4-9,13,17H,2-3,10-12,14-15H2,1H3,(H3,24,25,26,28). The lowest BCUT2D eigenvalue weighted by atomic mass is 9.96. The molecule has 2 aromatic carbocycles. The molecule has 2 aliphatic heterocycles. The minimum atomic E-state index is -0.466. The van der Waals surface area contributed by atoms with Crippen molar-refractivity contribution < 1.29 is 19.0 Å². The Hall–Kier alpha value is -3.26. The number of fused-ring (bicyclic) bond motifs is 1. The van der Waals surface area contributed by atoms with Gasteiger partial charge in [-0.25, -0.2) is 4.79 Å². The first-order chi connectivity index (χ1) is 15.1. The number of piperidine rings is 1. The molecule has 31 heavy (non-hydrogen) atoms. The topological polar surface area (TPSA) is 98.4 Å². The fourth-order valence-corrected chi connectivity index (χ4v) is 3.92. The zero-order valence-corrected chi connectivity index (χ0v) is 17.7. The molecule has 1 fully saturated rings. The first kappa shape index (κ1) is 21.0. The second-order valence-electron chi connectivity index (χ2n) is 7.75. The molecule has 1 atom stereocenters. The molecular weight excluding hydrogens is 396 g/mol. The van der Waals surface area contributed by atoms with Crippen LogP contribution in [-0.2, 0) is 6.54 Å². The molecule has 0 radical (unpaired) electrons. The van der Waals surface area contributed by atoms with Gasteiger partial charge in [0.1, 0.15) is 24.8 Å². The summed E-state index contributed by atoms with van der Waals surface area (Å²) < 4.78 is 16.4. The lowest BCUT2D eigenvalue weighted by molar-refractivity contribution is 0.170. The maximum Gasteiger partial charge on any atom is 0.347 e. The number of anilines is 1. The van der Waals surface area contributed by atoms with Crippen LogP contribution in [0.15, 0.2) is 47.5 Å². The first-order valence-corrected chi connectivity index (χ1v) is 10.5. The van der Waals surface area contributed by atoms with Gasteiger partial charge in [0.2, 0.25) is 0 Å². The van der Waals surface area contributed by atoms with E-state index in [9.17, 15) is 4.79 Å². The summed E-state index contributed by atoms with van der Waals surface area (Å²) in [6.45, 7) is 3.70. The van der Waals surface area contributed by atoms with E-state index in [1.165, 1.54) is 0 Å². The number of urea groups is 1. The van der Waals surface area contributed by atoms with Crippen molar-refractivity contribution in [3.8, 4) is 17.2 Å². The van der Waals surface area contributed by atoms with Crippen molar-refractivity contribution in [2.45, 2.75) is 19.4 Å². The number of nitrogens with zero attached hydrogens (tertiary/aromatic N) is 2. The van der Waals surface area contributed by atoms with Gasteiger partial charge in [-0.1, -0.05) is 6.07 Å². The zero-order valence-electron chi connectivity index (χ0n) is 17.7. The van der Waals surface area contributed by atoms with E-state index >= 15 is 0 Å². The molecule has 3 N–H and O–H groups in total. The first-order valence-electron chi connectivity index (χ1n) is 10.5. The summed E-state index contributed by atoms with van der Waals surface area (Å²) in [6, 6.07) is 12.7. The molecule has 2 aliphatic rings. The Morgan fingerprint density at radius 2 is 1.97 bits per heavy atom. The number of carbonyl (C=O) groups excluding carboxylic acids is 1. The molecule has 2 aromatic rings. The SMILES string of the molecule is COc1ccc(NC(=O)/N=C(\N)C2CCCN(Cc3ccc4c(c3)OCCO4)C2)cc1. The number of methoxy groups -OCH3 is 1. The highest BCUT2D eigenvalue weighted by Crippen LogP contribution is 2.31. The second kappa shape index (κ2) is 9.70. The summed E-state index contributed by atoms with van der Waals surface area (Å²) in [4.78, 5) is 18.7. The Bertz CT molecular complexity index is 945. The molecular formula is C23H28N4O4. The fraction of sp³-hybridized carbons (Fsp3) is 0.391. The second-order valence-corrected chi connectivity index (χ2v) is 7.75. The molecule has 0 saturated carbocycles. The van der Waals surface area contributed by atoms with E-state index in [2.05, 4.69) is 21.3 Å². The van der Waals surface area contributed by atoms with Crippen LogP contribution in [0.4, 0.5) is 10.5 Å². The van der Waals surface area contributed by atoms with Crippen LogP contribution in [0, 0.1) is 5.92 Å². The third kappa shape index (κ3) is 5.46. The Balaban J connectivity index is 1.34. The molecule has 0 spiro atoms. The summed E-state index contributed by atoms with van der Waals surface area (Å²) in [6.07, 6.45) is 1.92. The molecule has 8 nitrogen and oxygen atoms in total. The van der Waals surface area contributed by atoms with Crippen LogP contribution in [0.1, 0.15) is 18.4 Å². The van der Waals surface area contributed by atoms with Gasteiger partial charge in [-0.15, -0.1) is 0 Å². The van der Waals surface area contributed by atoms with Gasteiger partial charge < -0.3 is 25.3 Å². The number of amidine groups is 1. The summed E-state index contributed by atoms with van der Waals surface area (Å²) >= 11 is 0. The van der Waals surface area contributed by atoms with E-state index in [1.54, 1.807) is 31.4 Å². The van der Waals surface area contributed by atoms with E-state index in [-0.39, 0.29) is 5.92 Å². The Labute approximate surface area is 182 Å². The molecule has 1 saturated heterocycles. The van der Waals surface area contributed by atoms with Gasteiger partial charge in [0.15, 0.2) is 11.5 Å². The number of rotatable bonds is 5. The van der Waals surface area contributed by atoms with Gasteiger partial charge >= 0.3 is 6.03 Å². The van der Waals surface area contributed by atoms with Crippen LogP contribution in [0.25, 0.3) is 0 Å². The van der Waals surface area contributed by atoms with E-state index in [0.717, 1.165) is 55.3 Å². The number of hydrogen-bond acceptors (Lipinski definition) is 5. The van der Waals surface area contributed by atoms with Crippen molar-refractivity contribution in [2.75, 3.05) is 38.7 Å². The van der Waals surface area contributed by atoms with Gasteiger partial charge in [-0.2, -0.15) is 4.99 Å². The van der Waals surface area contributed by atoms with Crippen molar-refractivity contribution in [3.63, 3.8) is 0 Å². The number of likely N-dealkylation sites (tertiary alicyclic amines) is 1. The maximum atomic E-state index is 12.3. The quantitative estimate of drug-likeness (QED) is 0.565. The number of benzene rings is 2. The third-order valence-corrected chi connectivity index (χ3v) is 5.51. The zero-order chi connectivity index (χ0) is 21.6. The molecule has 2 amide bonds. The minimum absolute atomic E-state index is 0.0487. The van der Waals surface area contributed by atoms with E-state index in [0.29, 0.717) is 24.7 Å². The Morgan fingerprint density at radius 3 is 2.74 bits per heavy atom. The highest BCUT2D eigenvalue weighted by atomic mass is 16.6. The number of amides is 2. The minimum Gasteiger partial charge on any atom is -0.497 e. The number of carbonyl (C=O) groups is 1. The number of nitrogens with two attached hydrogens (primary N) is 1. The maximum absolute atomic E-state index is 12.3. The molecule has 0 aliphatic carbocycles. The van der Waals surface area contributed by atoms with Crippen molar-refractivity contribution >= 4 is 17.6 Å². The van der Waals surface area contributed by atoms with Crippen LogP contribution in [0.3, 0.4) is 0 Å². The lowest BCUT2D eigenvalue weighted by Crippen LogP contribution is -2.41. The highest BCUT2D eigenvalue weighted by molar-refractivity contribution is 6.00. The Kier molecular flexibility index (Phi) is 6.57. The molecule has 2 heterocycles. The smallest absolute Gasteiger partial charge is 0.347 e. The van der Waals surface area contributed by atoms with Crippen molar-refractivity contribution in [3.05, 3.63) is 48.0 Å². The molecule has 4 rings (SSSR count). The van der Waals surface area contributed by atoms with E-state index in [1.807, 2.05) is 12.1 Å². The van der Waals surface area contributed by atoms with Gasteiger partial charge in [-0.3, -0.25) is 4.90 Å². The van der Waals surface area contributed by atoms with Crippen molar-refractivity contribution in [1.82, 2.24) is 4.90 Å². The van der Waals surface area contributed by atoms with Gasteiger partial charge in [-0.05, 0) is 61.3 Å². The van der Waals surface area contributed by atoms with Gasteiger partial charge in [0, 0.05) is 24.7 Å². The molecule has 0 aromatic heterocycles. The summed E-state index contributed by atoms with van der Waals surface area (Å²) in [5.74, 6) is 2.74. The number of nitrogens with one attached hydrogen (secondary N) is 1. The predicted octanol–water partition coefficient (Wildman–Crippen LogP) is 3.27. The highest BCUT2D eigenvalue weighted by Gasteiger charge is 2.24. The molecule has 1 unspecified atom stereocenters. The molecule has 164 valence electrons. The monoisotopic (exact) mass is 424 g/mol. The number of hydrogen-bond donors (Lipinski definition) is 2. The van der Waals surface area contributed by atoms with Crippen molar-refractivity contribution in [1.29, 1.82) is 0 Å². The molecule has 0 bridgehead atoms. The van der Waals surface area contributed by atoms with E-state index < -0.39 is 6.03 Å². The summed E-state index contributed by atoms with van der Waals surface area (Å²) in [5, 5.41) is 2.74. The largest absolute Gasteiger partial charge is 0.497 e.